The highest BCUT2D eigenvalue weighted by Gasteiger charge is 2.37. The molecule has 0 nitrogen and oxygen atoms in total. The maximum atomic E-state index is 2.41. The predicted octanol–water partition coefficient (Wildman–Crippen LogP) is 4.61. The number of allylic oxidation sites excluding steroid dienone is 2. The molecule has 0 fully saturated rings. The fourth-order valence-corrected chi connectivity index (χ4v) is 3.52. The standard InChI is InChI=1S/C19H16/c1-2-6-15(7-3-1)14-19-12-5-10-16-8-4-9-17(11-13-19)18(16)19/h1-11,13H,12,14H2. The number of benzene rings is 2. The van der Waals surface area contributed by atoms with Crippen molar-refractivity contribution in [3.05, 3.63) is 82.9 Å². The minimum Gasteiger partial charge on any atom is -0.0827 e. The molecule has 0 radical (unpaired) electrons. The van der Waals surface area contributed by atoms with Crippen molar-refractivity contribution in [2.45, 2.75) is 18.3 Å². The second kappa shape index (κ2) is 3.96. The van der Waals surface area contributed by atoms with E-state index in [1.807, 2.05) is 0 Å². The van der Waals surface area contributed by atoms with E-state index in [0.29, 0.717) is 0 Å². The normalized spacial score (nSPS) is 22.5. The van der Waals surface area contributed by atoms with Crippen molar-refractivity contribution in [2.75, 3.05) is 0 Å². The molecule has 0 saturated heterocycles. The van der Waals surface area contributed by atoms with Crippen molar-refractivity contribution in [2.24, 2.45) is 0 Å². The van der Waals surface area contributed by atoms with E-state index in [-0.39, 0.29) is 5.41 Å². The smallest absolute Gasteiger partial charge is 0.0222 e. The first-order valence-corrected chi connectivity index (χ1v) is 6.91. The van der Waals surface area contributed by atoms with Crippen molar-refractivity contribution < 1.29 is 0 Å². The summed E-state index contributed by atoms with van der Waals surface area (Å²) in [5.74, 6) is 0. The Morgan fingerprint density at radius 3 is 2.47 bits per heavy atom. The minimum atomic E-state index is 0.183. The van der Waals surface area contributed by atoms with Gasteiger partial charge in [0.25, 0.3) is 0 Å². The average molecular weight is 244 g/mol. The van der Waals surface area contributed by atoms with Crippen molar-refractivity contribution in [3.63, 3.8) is 0 Å². The van der Waals surface area contributed by atoms with Gasteiger partial charge in [-0.05, 0) is 35.1 Å². The molecule has 0 spiro atoms. The zero-order valence-corrected chi connectivity index (χ0v) is 10.8. The van der Waals surface area contributed by atoms with E-state index in [1.54, 1.807) is 0 Å². The van der Waals surface area contributed by atoms with Crippen molar-refractivity contribution in [1.29, 1.82) is 0 Å². The van der Waals surface area contributed by atoms with Crippen molar-refractivity contribution >= 4 is 12.2 Å². The molecule has 0 aromatic heterocycles. The first kappa shape index (κ1) is 10.8. The van der Waals surface area contributed by atoms with Gasteiger partial charge in [-0.2, -0.15) is 0 Å². The summed E-state index contributed by atoms with van der Waals surface area (Å²) in [6, 6.07) is 17.5. The molecule has 4 rings (SSSR count). The molecule has 92 valence electrons. The van der Waals surface area contributed by atoms with E-state index in [4.69, 9.17) is 0 Å². The molecule has 0 N–H and O–H groups in total. The summed E-state index contributed by atoms with van der Waals surface area (Å²) in [7, 11) is 0. The van der Waals surface area contributed by atoms with Crippen LogP contribution in [0, 0.1) is 0 Å². The fraction of sp³-hybridized carbons (Fsp3) is 0.158. The third-order valence-electron chi connectivity index (χ3n) is 4.35. The first-order valence-electron chi connectivity index (χ1n) is 6.91. The third kappa shape index (κ3) is 1.60. The summed E-state index contributed by atoms with van der Waals surface area (Å²) >= 11 is 0. The van der Waals surface area contributed by atoms with Gasteiger partial charge in [0.1, 0.15) is 0 Å². The van der Waals surface area contributed by atoms with Gasteiger partial charge in [0.15, 0.2) is 0 Å². The summed E-state index contributed by atoms with van der Waals surface area (Å²) in [4.78, 5) is 0. The second-order valence-electron chi connectivity index (χ2n) is 5.57. The molecular weight excluding hydrogens is 228 g/mol. The zero-order valence-electron chi connectivity index (χ0n) is 10.8. The van der Waals surface area contributed by atoms with E-state index < -0.39 is 0 Å². The van der Waals surface area contributed by atoms with Crippen LogP contribution < -0.4 is 0 Å². The van der Waals surface area contributed by atoms with Crippen LogP contribution in [0.1, 0.15) is 28.7 Å². The van der Waals surface area contributed by atoms with Crippen LogP contribution in [-0.4, -0.2) is 0 Å². The molecule has 19 heavy (non-hydrogen) atoms. The highest BCUT2D eigenvalue weighted by molar-refractivity contribution is 5.75. The van der Waals surface area contributed by atoms with Crippen molar-refractivity contribution in [3.8, 4) is 0 Å². The molecule has 0 saturated carbocycles. The Morgan fingerprint density at radius 1 is 0.842 bits per heavy atom. The second-order valence-corrected chi connectivity index (χ2v) is 5.57. The van der Waals surface area contributed by atoms with Crippen LogP contribution in [-0.2, 0) is 11.8 Å². The van der Waals surface area contributed by atoms with Gasteiger partial charge < -0.3 is 0 Å². The average Bonchev–Trinajstić information content (AvgIpc) is 2.82. The fourth-order valence-electron chi connectivity index (χ4n) is 3.52. The quantitative estimate of drug-likeness (QED) is 0.723. The summed E-state index contributed by atoms with van der Waals surface area (Å²) in [5, 5.41) is 0. The van der Waals surface area contributed by atoms with E-state index in [1.165, 1.54) is 22.3 Å². The number of hydrogen-bond acceptors (Lipinski definition) is 0. The molecule has 0 heterocycles. The van der Waals surface area contributed by atoms with Crippen LogP contribution in [0.4, 0.5) is 0 Å². The maximum absolute atomic E-state index is 2.41. The molecule has 1 unspecified atom stereocenters. The van der Waals surface area contributed by atoms with E-state index in [9.17, 15) is 0 Å². The lowest BCUT2D eigenvalue weighted by Gasteiger charge is -2.32. The van der Waals surface area contributed by atoms with Crippen LogP contribution in [0.15, 0.2) is 60.7 Å². The Morgan fingerprint density at radius 2 is 1.63 bits per heavy atom. The molecule has 0 aliphatic heterocycles. The summed E-state index contributed by atoms with van der Waals surface area (Å²) < 4.78 is 0. The van der Waals surface area contributed by atoms with Crippen LogP contribution in [0.25, 0.3) is 12.2 Å². The van der Waals surface area contributed by atoms with Gasteiger partial charge in [-0.3, -0.25) is 0 Å². The Balaban J connectivity index is 1.84. The minimum absolute atomic E-state index is 0.183. The van der Waals surface area contributed by atoms with Crippen LogP contribution in [0.3, 0.4) is 0 Å². The Hall–Kier alpha value is -2.08. The molecule has 2 aromatic carbocycles. The van der Waals surface area contributed by atoms with Gasteiger partial charge in [-0.25, -0.2) is 0 Å². The monoisotopic (exact) mass is 244 g/mol. The molecule has 2 aliphatic rings. The number of rotatable bonds is 2. The summed E-state index contributed by atoms with van der Waals surface area (Å²) in [6.45, 7) is 0. The topological polar surface area (TPSA) is 0 Å². The van der Waals surface area contributed by atoms with E-state index in [2.05, 4.69) is 72.8 Å². The first-order chi connectivity index (χ1) is 9.37. The Labute approximate surface area is 114 Å². The maximum Gasteiger partial charge on any atom is 0.0222 e. The molecule has 1 atom stereocenters. The predicted molar refractivity (Wildman–Crippen MR) is 81.0 cm³/mol. The SMILES string of the molecule is C1=Cc2cccc3c2C(Cc2ccccc2)(C=C3)C1. The third-order valence-corrected chi connectivity index (χ3v) is 4.35. The molecule has 2 aliphatic carbocycles. The lowest BCUT2D eigenvalue weighted by molar-refractivity contribution is 0.543. The molecular formula is C19H16. The van der Waals surface area contributed by atoms with Gasteiger partial charge in [0.05, 0.1) is 0 Å². The molecule has 2 aromatic rings. The lowest BCUT2D eigenvalue weighted by Crippen LogP contribution is -2.27. The lowest BCUT2D eigenvalue weighted by atomic mass is 9.71. The molecule has 0 heteroatoms. The van der Waals surface area contributed by atoms with E-state index in [0.717, 1.165) is 12.8 Å². The molecule has 0 amide bonds. The van der Waals surface area contributed by atoms with E-state index >= 15 is 0 Å². The molecule has 0 bridgehead atoms. The Bertz CT molecular complexity index is 676. The van der Waals surface area contributed by atoms with Gasteiger partial charge in [-0.15, -0.1) is 0 Å². The van der Waals surface area contributed by atoms with Crippen LogP contribution in [0.5, 0.6) is 0 Å². The van der Waals surface area contributed by atoms with Gasteiger partial charge in [-0.1, -0.05) is 72.8 Å². The zero-order chi connectivity index (χ0) is 12.7. The van der Waals surface area contributed by atoms with Gasteiger partial charge >= 0.3 is 0 Å². The highest BCUT2D eigenvalue weighted by atomic mass is 14.4. The number of hydrogen-bond donors (Lipinski definition) is 0. The van der Waals surface area contributed by atoms with Crippen LogP contribution in [0.2, 0.25) is 0 Å². The Kier molecular flexibility index (Phi) is 2.25. The summed E-state index contributed by atoms with van der Waals surface area (Å²) in [6.07, 6.45) is 11.5. The van der Waals surface area contributed by atoms with Gasteiger partial charge in [0, 0.05) is 5.41 Å². The largest absolute Gasteiger partial charge is 0.0827 e. The van der Waals surface area contributed by atoms with Crippen LogP contribution >= 0.6 is 0 Å². The van der Waals surface area contributed by atoms with Gasteiger partial charge in [0.2, 0.25) is 0 Å². The van der Waals surface area contributed by atoms with Crippen molar-refractivity contribution in [1.82, 2.24) is 0 Å². The summed E-state index contributed by atoms with van der Waals surface area (Å²) in [5.41, 5.74) is 5.93. The highest BCUT2D eigenvalue weighted by Crippen LogP contribution is 2.46.